The van der Waals surface area contributed by atoms with Crippen molar-refractivity contribution < 1.29 is 4.79 Å². The van der Waals surface area contributed by atoms with Crippen LogP contribution in [-0.4, -0.2) is 32.2 Å². The van der Waals surface area contributed by atoms with Crippen LogP contribution >= 0.6 is 0 Å². The lowest BCUT2D eigenvalue weighted by Crippen LogP contribution is -2.57. The van der Waals surface area contributed by atoms with Crippen molar-refractivity contribution in [1.29, 1.82) is 0 Å². The van der Waals surface area contributed by atoms with E-state index in [1.54, 1.807) is 0 Å². The first-order chi connectivity index (χ1) is 11.7. The normalized spacial score (nSPS) is 33.3. The first-order valence-electron chi connectivity index (χ1n) is 9.49. The average Bonchev–Trinajstić information content (AvgIpc) is 2.58. The lowest BCUT2D eigenvalue weighted by molar-refractivity contribution is -0.00939. The summed E-state index contributed by atoms with van der Waals surface area (Å²) in [6.07, 6.45) is 6.82. The minimum Gasteiger partial charge on any atom is -0.373 e. The van der Waals surface area contributed by atoms with Gasteiger partial charge < -0.3 is 15.5 Å². The molecule has 0 spiro atoms. The number of anilines is 1. The van der Waals surface area contributed by atoms with E-state index >= 15 is 0 Å². The second kappa shape index (κ2) is 6.66. The molecule has 0 aromatic heterocycles. The van der Waals surface area contributed by atoms with Crippen LogP contribution in [0, 0.1) is 23.7 Å². The summed E-state index contributed by atoms with van der Waals surface area (Å²) < 4.78 is 0. The van der Waals surface area contributed by atoms with Crippen LogP contribution in [0.4, 0.5) is 10.5 Å². The number of nitrogens with one attached hydrogen (secondary N) is 2. The second-order valence-corrected chi connectivity index (χ2v) is 8.11. The maximum absolute atomic E-state index is 12.3. The van der Waals surface area contributed by atoms with E-state index in [9.17, 15) is 4.79 Å². The van der Waals surface area contributed by atoms with Crippen LogP contribution in [0.25, 0.3) is 0 Å². The molecule has 0 saturated heterocycles. The number of urea groups is 1. The van der Waals surface area contributed by atoms with Crippen molar-refractivity contribution in [2.45, 2.75) is 38.1 Å². The molecule has 0 aliphatic heterocycles. The number of nitrogens with zero attached hydrogens (tertiary/aromatic N) is 1. The minimum atomic E-state index is 0.0222. The third-order valence-corrected chi connectivity index (χ3v) is 6.45. The molecule has 4 bridgehead atoms. The minimum absolute atomic E-state index is 0.0222. The standard InChI is InChI=1S/C20H29N3O/c1-23(18-5-3-2-4-6-18)8-7-21-20(24)22-19-16-10-14-9-15(12-16)13-17(19)11-14/h2-6,14-17,19H,7-13H2,1H3,(H2,21,22,24). The fourth-order valence-electron chi connectivity index (χ4n) is 5.51. The Morgan fingerprint density at radius 2 is 1.67 bits per heavy atom. The van der Waals surface area contributed by atoms with Gasteiger partial charge in [-0.3, -0.25) is 0 Å². The quantitative estimate of drug-likeness (QED) is 0.872. The Morgan fingerprint density at radius 1 is 1.04 bits per heavy atom. The first-order valence-corrected chi connectivity index (χ1v) is 9.49. The Balaban J connectivity index is 1.23. The number of rotatable bonds is 5. The van der Waals surface area contributed by atoms with Gasteiger partial charge in [0.2, 0.25) is 0 Å². The van der Waals surface area contributed by atoms with Crippen molar-refractivity contribution >= 4 is 11.7 Å². The van der Waals surface area contributed by atoms with Crippen LogP contribution in [0.3, 0.4) is 0 Å². The van der Waals surface area contributed by atoms with Crippen LogP contribution < -0.4 is 15.5 Å². The van der Waals surface area contributed by atoms with Crippen molar-refractivity contribution in [2.75, 3.05) is 25.0 Å². The first kappa shape index (κ1) is 15.8. The molecular formula is C20H29N3O. The molecule has 5 rings (SSSR count). The van der Waals surface area contributed by atoms with Gasteiger partial charge in [-0.1, -0.05) is 18.2 Å². The van der Waals surface area contributed by atoms with Crippen LogP contribution in [-0.2, 0) is 0 Å². The zero-order valence-electron chi connectivity index (χ0n) is 14.6. The van der Waals surface area contributed by atoms with Crippen LogP contribution in [0.2, 0.25) is 0 Å². The van der Waals surface area contributed by atoms with Crippen molar-refractivity contribution in [3.8, 4) is 0 Å². The van der Waals surface area contributed by atoms with E-state index in [4.69, 9.17) is 0 Å². The largest absolute Gasteiger partial charge is 0.373 e. The molecule has 1 aromatic rings. The van der Waals surface area contributed by atoms with Gasteiger partial charge in [-0.2, -0.15) is 0 Å². The Morgan fingerprint density at radius 3 is 2.29 bits per heavy atom. The summed E-state index contributed by atoms with van der Waals surface area (Å²) in [6.45, 7) is 1.49. The highest BCUT2D eigenvalue weighted by atomic mass is 16.2. The fourth-order valence-corrected chi connectivity index (χ4v) is 5.51. The highest BCUT2D eigenvalue weighted by Crippen LogP contribution is 2.53. The van der Waals surface area contributed by atoms with E-state index < -0.39 is 0 Å². The number of hydrogen-bond acceptors (Lipinski definition) is 2. The molecule has 2 N–H and O–H groups in total. The SMILES string of the molecule is CN(CCNC(=O)NC1C2CC3CC(C2)CC1C3)c1ccccc1. The summed E-state index contributed by atoms with van der Waals surface area (Å²) in [5, 5.41) is 6.36. The Hall–Kier alpha value is -1.71. The number of para-hydroxylation sites is 1. The van der Waals surface area contributed by atoms with Gasteiger partial charge in [0.1, 0.15) is 0 Å². The highest BCUT2D eigenvalue weighted by molar-refractivity contribution is 5.74. The summed E-state index contributed by atoms with van der Waals surface area (Å²) in [6, 6.07) is 10.7. The van der Waals surface area contributed by atoms with Gasteiger partial charge >= 0.3 is 6.03 Å². The molecule has 4 saturated carbocycles. The topological polar surface area (TPSA) is 44.4 Å². The summed E-state index contributed by atoms with van der Waals surface area (Å²) >= 11 is 0. The summed E-state index contributed by atoms with van der Waals surface area (Å²) in [5.74, 6) is 3.37. The molecule has 1 aromatic carbocycles. The van der Waals surface area contributed by atoms with E-state index in [0.717, 1.165) is 30.2 Å². The molecule has 0 atom stereocenters. The van der Waals surface area contributed by atoms with Crippen LogP contribution in [0.15, 0.2) is 30.3 Å². The number of carbonyl (C=O) groups is 1. The van der Waals surface area contributed by atoms with Crippen molar-refractivity contribution in [3.05, 3.63) is 30.3 Å². The molecule has 4 nitrogen and oxygen atoms in total. The van der Waals surface area contributed by atoms with Crippen LogP contribution in [0.5, 0.6) is 0 Å². The summed E-state index contributed by atoms with van der Waals surface area (Å²) in [4.78, 5) is 14.5. The Bertz CT molecular complexity index is 546. The molecule has 4 aliphatic rings. The van der Waals surface area contributed by atoms with Gasteiger partial charge in [-0.05, 0) is 67.9 Å². The van der Waals surface area contributed by atoms with E-state index in [2.05, 4.69) is 34.7 Å². The predicted octanol–water partition coefficient (Wildman–Crippen LogP) is 3.25. The third kappa shape index (κ3) is 3.24. The number of likely N-dealkylation sites (N-methyl/N-ethyl adjacent to an activating group) is 1. The number of carbonyl (C=O) groups excluding carboxylic acids is 1. The van der Waals surface area contributed by atoms with Crippen LogP contribution in [0.1, 0.15) is 32.1 Å². The maximum Gasteiger partial charge on any atom is 0.315 e. The van der Waals surface area contributed by atoms with Gasteiger partial charge in [-0.15, -0.1) is 0 Å². The van der Waals surface area contributed by atoms with Gasteiger partial charge in [-0.25, -0.2) is 4.79 Å². The molecule has 0 radical (unpaired) electrons. The molecule has 24 heavy (non-hydrogen) atoms. The van der Waals surface area contributed by atoms with Gasteiger partial charge in [0.05, 0.1) is 0 Å². The molecule has 4 aliphatic carbocycles. The van der Waals surface area contributed by atoms with Gasteiger partial charge in [0, 0.05) is 31.9 Å². The fraction of sp³-hybridized carbons (Fsp3) is 0.650. The zero-order valence-corrected chi connectivity index (χ0v) is 14.6. The summed E-state index contributed by atoms with van der Waals surface area (Å²) in [7, 11) is 2.06. The molecule has 4 fully saturated rings. The molecule has 4 heteroatoms. The molecule has 0 heterocycles. The number of benzene rings is 1. The van der Waals surface area contributed by atoms with Crippen molar-refractivity contribution in [2.24, 2.45) is 23.7 Å². The Labute approximate surface area is 145 Å². The molecule has 2 amide bonds. The zero-order chi connectivity index (χ0) is 16.5. The van der Waals surface area contributed by atoms with E-state index in [0.29, 0.717) is 12.6 Å². The summed E-state index contributed by atoms with van der Waals surface area (Å²) in [5.41, 5.74) is 1.18. The Kier molecular flexibility index (Phi) is 4.38. The lowest BCUT2D eigenvalue weighted by Gasteiger charge is -2.54. The van der Waals surface area contributed by atoms with Gasteiger partial charge in [0.25, 0.3) is 0 Å². The smallest absolute Gasteiger partial charge is 0.315 e. The number of hydrogen-bond donors (Lipinski definition) is 2. The van der Waals surface area contributed by atoms with Gasteiger partial charge in [0.15, 0.2) is 0 Å². The van der Waals surface area contributed by atoms with E-state index in [1.807, 2.05) is 18.2 Å². The van der Waals surface area contributed by atoms with E-state index in [-0.39, 0.29) is 6.03 Å². The average molecular weight is 327 g/mol. The molecular weight excluding hydrogens is 298 g/mol. The lowest BCUT2D eigenvalue weighted by atomic mass is 9.54. The number of amides is 2. The molecule has 0 unspecified atom stereocenters. The maximum atomic E-state index is 12.3. The third-order valence-electron chi connectivity index (χ3n) is 6.45. The van der Waals surface area contributed by atoms with Crippen molar-refractivity contribution in [1.82, 2.24) is 10.6 Å². The monoisotopic (exact) mass is 327 g/mol. The van der Waals surface area contributed by atoms with E-state index in [1.165, 1.54) is 37.8 Å². The molecule has 130 valence electrons. The van der Waals surface area contributed by atoms with Crippen molar-refractivity contribution in [3.63, 3.8) is 0 Å². The highest BCUT2D eigenvalue weighted by Gasteiger charge is 2.48. The second-order valence-electron chi connectivity index (χ2n) is 8.11. The predicted molar refractivity (Wildman–Crippen MR) is 97.1 cm³/mol.